The highest BCUT2D eigenvalue weighted by Gasteiger charge is 2.45. The molecule has 1 aliphatic carbocycles. The molecule has 1 aliphatic heterocycles. The largest absolute Gasteiger partial charge is 0.291 e. The molecule has 0 saturated carbocycles. The van der Waals surface area contributed by atoms with Gasteiger partial charge in [0.2, 0.25) is 0 Å². The van der Waals surface area contributed by atoms with Gasteiger partial charge < -0.3 is 0 Å². The van der Waals surface area contributed by atoms with Gasteiger partial charge in [-0.05, 0) is 77.0 Å². The molecule has 174 valence electrons. The van der Waals surface area contributed by atoms with Crippen molar-refractivity contribution >= 4 is 11.0 Å². The van der Waals surface area contributed by atoms with Crippen molar-refractivity contribution in [1.82, 2.24) is 4.57 Å². The van der Waals surface area contributed by atoms with Gasteiger partial charge in [-0.1, -0.05) is 84.0 Å². The molecule has 3 aromatic carbocycles. The standard InChI is InChI=1S/C32H36N2/c1-20-11-9-12-21(2)28(20)34-19-33-24-16-15-22-26(31(5,6)18-17-30(22,3)4)27(24)32(7,8)23-13-10-14-25(34)29(23)33/h9-16H,17-18H2,1-8H3. The number of hydrogen-bond donors (Lipinski definition) is 0. The fraction of sp³-hybridized carbons (Fsp3) is 0.406. The van der Waals surface area contributed by atoms with Gasteiger partial charge in [0, 0.05) is 5.41 Å². The van der Waals surface area contributed by atoms with Gasteiger partial charge in [0.1, 0.15) is 0 Å². The number of benzene rings is 3. The number of rotatable bonds is 1. The Balaban J connectivity index is 1.77. The number of aromatic nitrogens is 2. The van der Waals surface area contributed by atoms with E-state index in [2.05, 4.69) is 119 Å². The van der Waals surface area contributed by atoms with E-state index in [1.165, 1.54) is 63.1 Å². The van der Waals surface area contributed by atoms with Crippen molar-refractivity contribution in [1.29, 1.82) is 0 Å². The van der Waals surface area contributed by atoms with Gasteiger partial charge in [-0.25, -0.2) is 0 Å². The maximum absolute atomic E-state index is 3.81. The Kier molecular flexibility index (Phi) is 4.22. The monoisotopic (exact) mass is 448 g/mol. The molecule has 0 N–H and O–H groups in total. The second kappa shape index (κ2) is 6.62. The van der Waals surface area contributed by atoms with Crippen LogP contribution in [0.2, 0.25) is 0 Å². The van der Waals surface area contributed by atoms with Gasteiger partial charge in [0.25, 0.3) is 6.33 Å². The lowest BCUT2D eigenvalue weighted by molar-refractivity contribution is -0.575. The van der Waals surface area contributed by atoms with E-state index in [1.807, 2.05) is 0 Å². The summed E-state index contributed by atoms with van der Waals surface area (Å²) < 4.78 is 4.65. The van der Waals surface area contributed by atoms with E-state index in [1.54, 1.807) is 5.56 Å². The van der Waals surface area contributed by atoms with Crippen LogP contribution < -0.4 is 4.57 Å². The lowest BCUT2D eigenvalue weighted by Crippen LogP contribution is -2.45. The quantitative estimate of drug-likeness (QED) is 0.213. The summed E-state index contributed by atoms with van der Waals surface area (Å²) in [5.41, 5.74) is 13.8. The molecule has 0 fully saturated rings. The van der Waals surface area contributed by atoms with Crippen molar-refractivity contribution in [2.24, 2.45) is 0 Å². The summed E-state index contributed by atoms with van der Waals surface area (Å²) in [7, 11) is 0. The van der Waals surface area contributed by atoms with Crippen LogP contribution in [0.25, 0.3) is 22.4 Å². The lowest BCUT2D eigenvalue weighted by atomic mass is 9.58. The van der Waals surface area contributed by atoms with Crippen LogP contribution in [0.1, 0.15) is 87.8 Å². The average Bonchev–Trinajstić information content (AvgIpc) is 3.15. The molecule has 2 heterocycles. The molecule has 0 bridgehead atoms. The third-order valence-electron chi connectivity index (χ3n) is 8.85. The van der Waals surface area contributed by atoms with Gasteiger partial charge in [-0.15, -0.1) is 0 Å². The molecule has 2 aliphatic rings. The zero-order valence-corrected chi connectivity index (χ0v) is 21.9. The normalized spacial score (nSPS) is 19.1. The van der Waals surface area contributed by atoms with Gasteiger partial charge >= 0.3 is 0 Å². The predicted molar refractivity (Wildman–Crippen MR) is 141 cm³/mol. The van der Waals surface area contributed by atoms with Crippen LogP contribution in [0.15, 0.2) is 48.5 Å². The van der Waals surface area contributed by atoms with Crippen LogP contribution in [-0.2, 0) is 16.2 Å². The Morgan fingerprint density at radius 3 is 2.09 bits per heavy atom. The Morgan fingerprint density at radius 1 is 0.735 bits per heavy atom. The number of para-hydroxylation sites is 2. The number of aryl methyl sites for hydroxylation is 2. The predicted octanol–water partition coefficient (Wildman–Crippen LogP) is 7.31. The third kappa shape index (κ3) is 2.66. The summed E-state index contributed by atoms with van der Waals surface area (Å²) in [5.74, 6) is 0. The summed E-state index contributed by atoms with van der Waals surface area (Å²) in [6, 6.07) is 18.2. The minimum absolute atomic E-state index is 0.0916. The summed E-state index contributed by atoms with van der Waals surface area (Å²) in [5, 5.41) is 0. The van der Waals surface area contributed by atoms with Crippen molar-refractivity contribution in [3.63, 3.8) is 0 Å². The number of imidazole rings is 1. The van der Waals surface area contributed by atoms with Crippen molar-refractivity contribution in [2.45, 2.75) is 84.5 Å². The van der Waals surface area contributed by atoms with Crippen molar-refractivity contribution in [2.75, 3.05) is 0 Å². The molecule has 6 rings (SSSR count). The van der Waals surface area contributed by atoms with E-state index in [0.717, 1.165) is 0 Å². The summed E-state index contributed by atoms with van der Waals surface area (Å²) in [6.45, 7) is 19.0. The lowest BCUT2D eigenvalue weighted by Gasteiger charge is -2.47. The van der Waals surface area contributed by atoms with E-state index in [9.17, 15) is 0 Å². The summed E-state index contributed by atoms with van der Waals surface area (Å²) in [6.07, 6.45) is 6.26. The van der Waals surface area contributed by atoms with Crippen molar-refractivity contribution in [3.05, 3.63) is 88.2 Å². The minimum atomic E-state index is -0.0916. The first kappa shape index (κ1) is 21.6. The van der Waals surface area contributed by atoms with Crippen molar-refractivity contribution < 1.29 is 4.57 Å². The Bertz CT molecular complexity index is 1470. The number of hydrogen-bond acceptors (Lipinski definition) is 0. The molecule has 2 nitrogen and oxygen atoms in total. The molecule has 0 radical (unpaired) electrons. The summed E-state index contributed by atoms with van der Waals surface area (Å²) >= 11 is 0. The Labute approximate surface area is 204 Å². The third-order valence-corrected chi connectivity index (χ3v) is 8.85. The molecule has 0 amide bonds. The summed E-state index contributed by atoms with van der Waals surface area (Å²) in [4.78, 5) is 0. The van der Waals surface area contributed by atoms with Crippen LogP contribution >= 0.6 is 0 Å². The molecule has 34 heavy (non-hydrogen) atoms. The van der Waals surface area contributed by atoms with Gasteiger partial charge in [0.05, 0.1) is 22.4 Å². The zero-order chi connectivity index (χ0) is 24.2. The molecule has 4 aromatic rings. The average molecular weight is 449 g/mol. The molecule has 0 unspecified atom stereocenters. The first-order valence-corrected chi connectivity index (χ1v) is 12.7. The smallest absolute Gasteiger partial charge is 0.269 e. The molecule has 2 heteroatoms. The van der Waals surface area contributed by atoms with E-state index >= 15 is 0 Å². The first-order chi connectivity index (χ1) is 15.9. The zero-order valence-electron chi connectivity index (χ0n) is 21.9. The molecule has 0 atom stereocenters. The number of fused-ring (bicyclic) bond motifs is 4. The first-order valence-electron chi connectivity index (χ1n) is 12.7. The van der Waals surface area contributed by atoms with E-state index in [-0.39, 0.29) is 16.2 Å². The van der Waals surface area contributed by atoms with Crippen LogP contribution in [0, 0.1) is 20.2 Å². The highest BCUT2D eigenvalue weighted by molar-refractivity contribution is 5.83. The Hall–Kier alpha value is -2.87. The maximum atomic E-state index is 3.81. The van der Waals surface area contributed by atoms with Gasteiger partial charge in [-0.3, -0.25) is 9.13 Å². The van der Waals surface area contributed by atoms with Gasteiger partial charge in [0.15, 0.2) is 0 Å². The highest BCUT2D eigenvalue weighted by atomic mass is 15.2. The van der Waals surface area contributed by atoms with Crippen molar-refractivity contribution in [3.8, 4) is 11.4 Å². The highest BCUT2D eigenvalue weighted by Crippen LogP contribution is 2.53. The number of nitrogens with zero attached hydrogens (tertiary/aromatic N) is 2. The molecular weight excluding hydrogens is 412 g/mol. The molecule has 1 aromatic heterocycles. The van der Waals surface area contributed by atoms with Crippen LogP contribution in [0.5, 0.6) is 0 Å². The SMILES string of the molecule is Cc1cccc(C)c1-n1[c-][n+]2c3c(cccc31)C(C)(C)c1c-2ccc2c1C(C)(C)CCC2(C)C. The van der Waals surface area contributed by atoms with Crippen LogP contribution in [0.3, 0.4) is 0 Å². The topological polar surface area (TPSA) is 8.81 Å². The molecule has 0 spiro atoms. The van der Waals surface area contributed by atoms with Gasteiger partial charge in [-0.2, -0.15) is 0 Å². The fourth-order valence-electron chi connectivity index (χ4n) is 6.86. The second-order valence-electron chi connectivity index (χ2n) is 12.5. The molecular formula is C32H36N2. The van der Waals surface area contributed by atoms with E-state index in [0.29, 0.717) is 0 Å². The Morgan fingerprint density at radius 2 is 1.38 bits per heavy atom. The van der Waals surface area contributed by atoms with E-state index < -0.39 is 0 Å². The van der Waals surface area contributed by atoms with Crippen LogP contribution in [0.4, 0.5) is 0 Å². The minimum Gasteiger partial charge on any atom is -0.291 e. The van der Waals surface area contributed by atoms with Crippen LogP contribution in [-0.4, -0.2) is 4.57 Å². The second-order valence-corrected chi connectivity index (χ2v) is 12.5. The maximum Gasteiger partial charge on any atom is 0.269 e. The van der Waals surface area contributed by atoms with E-state index in [4.69, 9.17) is 0 Å². The fourth-order valence-corrected chi connectivity index (χ4v) is 6.86. The molecule has 0 saturated heterocycles.